The lowest BCUT2D eigenvalue weighted by Gasteiger charge is -2.36. The maximum absolute atomic E-state index is 12.2. The van der Waals surface area contributed by atoms with E-state index in [9.17, 15) is 4.79 Å². The first-order chi connectivity index (χ1) is 8.66. The van der Waals surface area contributed by atoms with Gasteiger partial charge < -0.3 is 15.4 Å². The Morgan fingerprint density at radius 3 is 2.56 bits per heavy atom. The highest BCUT2D eigenvalue weighted by molar-refractivity contribution is 5.81. The van der Waals surface area contributed by atoms with Crippen molar-refractivity contribution in [2.24, 2.45) is 5.73 Å². The van der Waals surface area contributed by atoms with Gasteiger partial charge in [-0.05, 0) is 25.7 Å². The smallest absolute Gasteiger partial charge is 0.251 e. The highest BCUT2D eigenvalue weighted by atomic mass is 16.5. The van der Waals surface area contributed by atoms with E-state index in [0.717, 1.165) is 65.0 Å². The molecule has 102 valence electrons. The summed E-state index contributed by atoms with van der Waals surface area (Å²) >= 11 is 0. The van der Waals surface area contributed by atoms with Gasteiger partial charge in [0, 0.05) is 44.9 Å². The summed E-state index contributed by atoms with van der Waals surface area (Å²) in [6.45, 7) is 5.30. The van der Waals surface area contributed by atoms with Crippen LogP contribution in [0.3, 0.4) is 0 Å². The number of ether oxygens (including phenoxy) is 1. The summed E-state index contributed by atoms with van der Waals surface area (Å²) in [5.41, 5.74) is 6.21. The number of piperazine rings is 1. The van der Waals surface area contributed by atoms with Crippen LogP contribution in [0.25, 0.3) is 0 Å². The van der Waals surface area contributed by atoms with Crippen molar-refractivity contribution < 1.29 is 9.53 Å². The van der Waals surface area contributed by atoms with Crippen molar-refractivity contribution in [3.05, 3.63) is 0 Å². The average Bonchev–Trinajstić information content (AvgIpc) is 2.91. The summed E-state index contributed by atoms with van der Waals surface area (Å²) < 4.78 is 5.46. The molecule has 0 radical (unpaired) electrons. The lowest BCUT2D eigenvalue weighted by atomic mass is 10.2. The molecular formula is C13H23N3O2. The largest absolute Gasteiger partial charge is 0.368 e. The first kappa shape index (κ1) is 12.4. The zero-order valence-electron chi connectivity index (χ0n) is 10.9. The molecule has 2 saturated heterocycles. The van der Waals surface area contributed by atoms with E-state index in [0.29, 0.717) is 0 Å². The van der Waals surface area contributed by atoms with Crippen molar-refractivity contribution in [2.75, 3.05) is 39.3 Å². The van der Waals surface area contributed by atoms with Gasteiger partial charge in [-0.2, -0.15) is 0 Å². The molecule has 1 atom stereocenters. The maximum atomic E-state index is 12.2. The Morgan fingerprint density at radius 2 is 2.00 bits per heavy atom. The van der Waals surface area contributed by atoms with Crippen LogP contribution in [0, 0.1) is 0 Å². The molecule has 2 heterocycles. The minimum absolute atomic E-state index is 0.0841. The lowest BCUT2D eigenvalue weighted by Crippen LogP contribution is -2.53. The van der Waals surface area contributed by atoms with E-state index in [1.54, 1.807) is 0 Å². The molecule has 0 aromatic heterocycles. The Morgan fingerprint density at radius 1 is 1.28 bits per heavy atom. The van der Waals surface area contributed by atoms with Gasteiger partial charge in [-0.3, -0.25) is 9.69 Å². The number of nitrogens with zero attached hydrogens (tertiary/aromatic N) is 2. The van der Waals surface area contributed by atoms with Gasteiger partial charge in [-0.15, -0.1) is 0 Å². The number of hydrogen-bond donors (Lipinski definition) is 1. The van der Waals surface area contributed by atoms with E-state index in [4.69, 9.17) is 10.5 Å². The molecule has 2 N–H and O–H groups in total. The normalized spacial score (nSPS) is 31.6. The van der Waals surface area contributed by atoms with Gasteiger partial charge in [0.05, 0.1) is 0 Å². The highest BCUT2D eigenvalue weighted by Gasteiger charge is 2.40. The van der Waals surface area contributed by atoms with Crippen LogP contribution < -0.4 is 5.73 Å². The fraction of sp³-hybridized carbons (Fsp3) is 0.923. The van der Waals surface area contributed by atoms with Crippen molar-refractivity contribution in [3.63, 3.8) is 0 Å². The van der Waals surface area contributed by atoms with E-state index in [-0.39, 0.29) is 17.6 Å². The summed E-state index contributed by atoms with van der Waals surface area (Å²) in [4.78, 5) is 16.5. The van der Waals surface area contributed by atoms with Crippen molar-refractivity contribution in [3.8, 4) is 0 Å². The van der Waals surface area contributed by atoms with Gasteiger partial charge in [0.1, 0.15) is 6.10 Å². The zero-order chi connectivity index (χ0) is 12.6. The van der Waals surface area contributed by atoms with Crippen molar-refractivity contribution >= 4 is 5.91 Å². The van der Waals surface area contributed by atoms with Gasteiger partial charge in [-0.1, -0.05) is 0 Å². The topological polar surface area (TPSA) is 58.8 Å². The van der Waals surface area contributed by atoms with Crippen LogP contribution in [-0.2, 0) is 9.53 Å². The molecule has 0 aromatic carbocycles. The molecule has 5 heteroatoms. The molecular weight excluding hydrogens is 230 g/mol. The van der Waals surface area contributed by atoms with Crippen LogP contribution in [-0.4, -0.2) is 66.7 Å². The third-order valence-electron chi connectivity index (χ3n) is 4.32. The number of carbonyl (C=O) groups excluding carboxylic acids is 1. The average molecular weight is 253 g/mol. The number of amides is 1. The maximum Gasteiger partial charge on any atom is 0.251 e. The van der Waals surface area contributed by atoms with Crippen LogP contribution in [0.5, 0.6) is 0 Å². The molecule has 0 spiro atoms. The number of rotatable bonds is 3. The molecule has 0 bridgehead atoms. The van der Waals surface area contributed by atoms with Crippen LogP contribution in [0.1, 0.15) is 25.7 Å². The number of carbonyl (C=O) groups is 1. The van der Waals surface area contributed by atoms with Crippen LogP contribution in [0.4, 0.5) is 0 Å². The third-order valence-corrected chi connectivity index (χ3v) is 4.32. The van der Waals surface area contributed by atoms with Gasteiger partial charge in [0.2, 0.25) is 0 Å². The predicted octanol–water partition coefficient (Wildman–Crippen LogP) is -0.199. The van der Waals surface area contributed by atoms with Crippen molar-refractivity contribution in [1.29, 1.82) is 0 Å². The second-order valence-electron chi connectivity index (χ2n) is 5.97. The number of hydrogen-bond acceptors (Lipinski definition) is 4. The third kappa shape index (κ3) is 2.68. The Balaban J connectivity index is 1.45. The standard InChI is InChI=1S/C13H23N3O2/c14-13(3-4-13)10-15-5-7-16(8-6-15)12(17)11-2-1-9-18-11/h11H,1-10,14H2. The Labute approximate surface area is 108 Å². The first-order valence-electron chi connectivity index (χ1n) is 7.08. The van der Waals surface area contributed by atoms with E-state index in [1.807, 2.05) is 4.90 Å². The fourth-order valence-electron chi connectivity index (χ4n) is 2.87. The van der Waals surface area contributed by atoms with Gasteiger partial charge >= 0.3 is 0 Å². The Bertz CT molecular complexity index is 316. The van der Waals surface area contributed by atoms with Crippen molar-refractivity contribution in [2.45, 2.75) is 37.3 Å². The second-order valence-corrected chi connectivity index (χ2v) is 5.97. The molecule has 1 saturated carbocycles. The summed E-state index contributed by atoms with van der Waals surface area (Å²) in [5.74, 6) is 0.195. The molecule has 3 aliphatic rings. The van der Waals surface area contributed by atoms with E-state index >= 15 is 0 Å². The molecule has 3 fully saturated rings. The zero-order valence-corrected chi connectivity index (χ0v) is 10.9. The molecule has 0 aromatic rings. The number of nitrogens with two attached hydrogens (primary N) is 1. The second kappa shape index (κ2) is 4.79. The minimum atomic E-state index is -0.166. The molecule has 1 unspecified atom stereocenters. The molecule has 3 rings (SSSR count). The Kier molecular flexibility index (Phi) is 3.30. The Hall–Kier alpha value is -0.650. The van der Waals surface area contributed by atoms with E-state index in [2.05, 4.69) is 4.90 Å². The summed E-state index contributed by atoms with van der Waals surface area (Å²) in [6, 6.07) is 0. The van der Waals surface area contributed by atoms with Crippen molar-refractivity contribution in [1.82, 2.24) is 9.80 Å². The fourth-order valence-corrected chi connectivity index (χ4v) is 2.87. The van der Waals surface area contributed by atoms with Gasteiger partial charge in [-0.25, -0.2) is 0 Å². The molecule has 5 nitrogen and oxygen atoms in total. The van der Waals surface area contributed by atoms with E-state index in [1.165, 1.54) is 0 Å². The molecule has 1 amide bonds. The summed E-state index contributed by atoms with van der Waals surface area (Å²) in [7, 11) is 0. The van der Waals surface area contributed by atoms with Crippen LogP contribution in [0.2, 0.25) is 0 Å². The predicted molar refractivity (Wildman–Crippen MR) is 68.1 cm³/mol. The monoisotopic (exact) mass is 253 g/mol. The SMILES string of the molecule is NC1(CN2CCN(C(=O)C3CCCO3)CC2)CC1. The van der Waals surface area contributed by atoms with Gasteiger partial charge in [0.25, 0.3) is 5.91 Å². The van der Waals surface area contributed by atoms with Crippen LogP contribution in [0.15, 0.2) is 0 Å². The summed E-state index contributed by atoms with van der Waals surface area (Å²) in [6.07, 6.45) is 4.06. The minimum Gasteiger partial charge on any atom is -0.368 e. The molecule has 2 aliphatic heterocycles. The lowest BCUT2D eigenvalue weighted by molar-refractivity contribution is -0.142. The molecule has 1 aliphatic carbocycles. The first-order valence-corrected chi connectivity index (χ1v) is 7.08. The highest BCUT2D eigenvalue weighted by Crippen LogP contribution is 2.33. The quantitative estimate of drug-likeness (QED) is 0.757. The summed E-state index contributed by atoms with van der Waals surface area (Å²) in [5, 5.41) is 0. The van der Waals surface area contributed by atoms with Crippen LogP contribution >= 0.6 is 0 Å². The van der Waals surface area contributed by atoms with E-state index < -0.39 is 0 Å². The molecule has 18 heavy (non-hydrogen) atoms. The van der Waals surface area contributed by atoms with Gasteiger partial charge in [0.15, 0.2) is 0 Å².